The molecule has 4 aliphatic rings. The zero-order valence-corrected chi connectivity index (χ0v) is 18.8. The second-order valence-electron chi connectivity index (χ2n) is 9.86. The van der Waals surface area contributed by atoms with E-state index in [0.717, 1.165) is 52.2 Å². The first-order chi connectivity index (χ1) is 14.0. The lowest BCUT2D eigenvalue weighted by Gasteiger charge is -2.47. The van der Waals surface area contributed by atoms with Gasteiger partial charge in [-0.1, -0.05) is 6.92 Å². The number of urea groups is 1. The molecule has 8 heteroatoms. The van der Waals surface area contributed by atoms with Gasteiger partial charge in [0, 0.05) is 57.6 Å². The van der Waals surface area contributed by atoms with Gasteiger partial charge >= 0.3 is 6.03 Å². The minimum atomic E-state index is 0.165. The summed E-state index contributed by atoms with van der Waals surface area (Å²) in [5.74, 6) is 2.16. The van der Waals surface area contributed by atoms with Gasteiger partial charge in [0.25, 0.3) is 0 Å². The van der Waals surface area contributed by atoms with Crippen LogP contribution in [0, 0.1) is 23.7 Å². The predicted octanol–water partition coefficient (Wildman–Crippen LogP) is 1.14. The molecule has 1 aliphatic carbocycles. The van der Waals surface area contributed by atoms with E-state index in [-0.39, 0.29) is 11.4 Å². The van der Waals surface area contributed by atoms with Crippen molar-refractivity contribution < 1.29 is 4.79 Å². The molecule has 1 saturated carbocycles. The molecule has 2 amide bonds. The standard InChI is InChI=1S/C21H39ClN6O/c1-14-3-4-16(9-18(14)22)19-24-11-17(13-28-8-7-26(2)21(28)29)20(25-19)27-6-5-15(10-23)12-27/h14-20,24-25H,3-13,23H2,1-2H3. The Morgan fingerprint density at radius 3 is 2.69 bits per heavy atom. The fraction of sp³-hybridized carbons (Fsp3) is 0.952. The predicted molar refractivity (Wildman–Crippen MR) is 117 cm³/mol. The fourth-order valence-corrected chi connectivity index (χ4v) is 6.06. The van der Waals surface area contributed by atoms with Gasteiger partial charge in [0.1, 0.15) is 0 Å². The summed E-state index contributed by atoms with van der Waals surface area (Å²) < 4.78 is 0. The van der Waals surface area contributed by atoms with E-state index in [0.29, 0.717) is 36.0 Å². The number of carbonyl (C=O) groups is 1. The van der Waals surface area contributed by atoms with Crippen LogP contribution in [0.3, 0.4) is 0 Å². The van der Waals surface area contributed by atoms with Crippen molar-refractivity contribution in [3.05, 3.63) is 0 Å². The quantitative estimate of drug-likeness (QED) is 0.575. The van der Waals surface area contributed by atoms with Crippen LogP contribution in [0.5, 0.6) is 0 Å². The molecule has 7 atom stereocenters. The van der Waals surface area contributed by atoms with Crippen LogP contribution in [0.15, 0.2) is 0 Å². The maximum atomic E-state index is 12.5. The van der Waals surface area contributed by atoms with Crippen LogP contribution in [0.2, 0.25) is 0 Å². The third-order valence-corrected chi connectivity index (χ3v) is 8.42. The number of nitrogens with two attached hydrogens (primary N) is 1. The Balaban J connectivity index is 1.43. The van der Waals surface area contributed by atoms with E-state index in [9.17, 15) is 4.79 Å². The van der Waals surface area contributed by atoms with E-state index in [1.54, 1.807) is 0 Å². The Hall–Kier alpha value is -0.600. The van der Waals surface area contributed by atoms with Crippen molar-refractivity contribution in [3.8, 4) is 0 Å². The number of hydrogen-bond donors (Lipinski definition) is 3. The Labute approximate surface area is 180 Å². The number of likely N-dealkylation sites (N-methyl/N-ethyl adjacent to an activating group) is 1. The average molecular weight is 427 g/mol. The van der Waals surface area contributed by atoms with Gasteiger partial charge in [-0.25, -0.2) is 4.79 Å². The number of halogens is 1. The number of nitrogens with zero attached hydrogens (tertiary/aromatic N) is 3. The number of rotatable bonds is 5. The maximum absolute atomic E-state index is 12.5. The molecule has 0 bridgehead atoms. The highest BCUT2D eigenvalue weighted by Gasteiger charge is 2.42. The highest BCUT2D eigenvalue weighted by Crippen LogP contribution is 2.35. The van der Waals surface area contributed by atoms with E-state index < -0.39 is 0 Å². The first-order valence-electron chi connectivity index (χ1n) is 11.5. The molecule has 4 N–H and O–H groups in total. The summed E-state index contributed by atoms with van der Waals surface area (Å²) in [5, 5.41) is 8.02. The number of alkyl halides is 1. The van der Waals surface area contributed by atoms with E-state index in [2.05, 4.69) is 22.5 Å². The Bertz CT molecular complexity index is 579. The molecule has 0 spiro atoms. The van der Waals surface area contributed by atoms with Gasteiger partial charge in [-0.15, -0.1) is 11.6 Å². The van der Waals surface area contributed by atoms with Crippen molar-refractivity contribution >= 4 is 17.6 Å². The summed E-state index contributed by atoms with van der Waals surface area (Å²) in [5.41, 5.74) is 5.97. The lowest BCUT2D eigenvalue weighted by molar-refractivity contribution is 0.0421. The summed E-state index contributed by atoms with van der Waals surface area (Å²) in [7, 11) is 1.90. The lowest BCUT2D eigenvalue weighted by Crippen LogP contribution is -2.67. The van der Waals surface area contributed by atoms with Crippen molar-refractivity contribution in [2.24, 2.45) is 29.4 Å². The Morgan fingerprint density at radius 1 is 1.21 bits per heavy atom. The minimum Gasteiger partial charge on any atom is -0.330 e. The van der Waals surface area contributed by atoms with Crippen LogP contribution < -0.4 is 16.4 Å². The molecule has 4 fully saturated rings. The molecule has 3 heterocycles. The smallest absolute Gasteiger partial charge is 0.319 e. The summed E-state index contributed by atoms with van der Waals surface area (Å²) in [6.07, 6.45) is 5.29. The first-order valence-corrected chi connectivity index (χ1v) is 12.0. The molecule has 4 rings (SSSR count). The molecule has 3 aliphatic heterocycles. The molecule has 0 aromatic rings. The number of nitrogens with one attached hydrogen (secondary N) is 2. The molecule has 0 radical (unpaired) electrons. The van der Waals surface area contributed by atoms with Gasteiger partial charge in [0.2, 0.25) is 0 Å². The van der Waals surface area contributed by atoms with Crippen molar-refractivity contribution in [1.82, 2.24) is 25.3 Å². The van der Waals surface area contributed by atoms with E-state index >= 15 is 0 Å². The first kappa shape index (κ1) is 21.6. The third kappa shape index (κ3) is 4.69. The highest BCUT2D eigenvalue weighted by atomic mass is 35.5. The van der Waals surface area contributed by atoms with Crippen LogP contribution in [-0.4, -0.2) is 91.3 Å². The maximum Gasteiger partial charge on any atom is 0.319 e. The average Bonchev–Trinajstić information content (AvgIpc) is 3.32. The van der Waals surface area contributed by atoms with Gasteiger partial charge in [-0.3, -0.25) is 10.2 Å². The number of carbonyl (C=O) groups excluding carboxylic acids is 1. The summed E-state index contributed by atoms with van der Waals surface area (Å²) >= 11 is 6.63. The Morgan fingerprint density at radius 2 is 2.03 bits per heavy atom. The van der Waals surface area contributed by atoms with Gasteiger partial charge < -0.3 is 20.9 Å². The second-order valence-corrected chi connectivity index (χ2v) is 10.4. The number of amides is 2. The van der Waals surface area contributed by atoms with Crippen LogP contribution >= 0.6 is 11.6 Å². The zero-order valence-electron chi connectivity index (χ0n) is 18.0. The van der Waals surface area contributed by atoms with E-state index in [1.807, 2.05) is 16.8 Å². The number of likely N-dealkylation sites (tertiary alicyclic amines) is 1. The molecule has 7 nitrogen and oxygen atoms in total. The van der Waals surface area contributed by atoms with Crippen molar-refractivity contribution in [1.29, 1.82) is 0 Å². The van der Waals surface area contributed by atoms with Crippen LogP contribution in [0.4, 0.5) is 4.79 Å². The largest absolute Gasteiger partial charge is 0.330 e. The molecule has 29 heavy (non-hydrogen) atoms. The van der Waals surface area contributed by atoms with Crippen molar-refractivity contribution in [2.75, 3.05) is 52.9 Å². The van der Waals surface area contributed by atoms with Crippen LogP contribution in [0.1, 0.15) is 32.6 Å². The van der Waals surface area contributed by atoms with Gasteiger partial charge in [-0.05, 0) is 50.0 Å². The number of hydrogen-bond acceptors (Lipinski definition) is 5. The SMILES string of the molecule is CC1CCC(C2NCC(CN3CCN(C)C3=O)C(N3CCC(CN)C3)N2)CC1Cl. The van der Waals surface area contributed by atoms with Gasteiger partial charge in [-0.2, -0.15) is 0 Å². The molecule has 7 unspecified atom stereocenters. The van der Waals surface area contributed by atoms with E-state index in [4.69, 9.17) is 17.3 Å². The molecule has 0 aromatic carbocycles. The Kier molecular flexibility index (Phi) is 6.91. The third-order valence-electron chi connectivity index (χ3n) is 7.81. The summed E-state index contributed by atoms with van der Waals surface area (Å²) in [6.45, 7) is 8.61. The van der Waals surface area contributed by atoms with Crippen molar-refractivity contribution in [2.45, 2.75) is 50.3 Å². The second kappa shape index (κ2) is 9.27. The molecule has 166 valence electrons. The van der Waals surface area contributed by atoms with Crippen LogP contribution in [0.25, 0.3) is 0 Å². The topological polar surface area (TPSA) is 76.9 Å². The fourth-order valence-electron chi connectivity index (χ4n) is 5.70. The monoisotopic (exact) mass is 426 g/mol. The van der Waals surface area contributed by atoms with Crippen LogP contribution in [-0.2, 0) is 0 Å². The lowest BCUT2D eigenvalue weighted by atomic mass is 9.80. The molecular formula is C21H39ClN6O. The molecular weight excluding hydrogens is 388 g/mol. The summed E-state index contributed by atoms with van der Waals surface area (Å²) in [6, 6.07) is 0.165. The highest BCUT2D eigenvalue weighted by molar-refractivity contribution is 6.20. The van der Waals surface area contributed by atoms with Gasteiger partial charge in [0.15, 0.2) is 0 Å². The van der Waals surface area contributed by atoms with E-state index in [1.165, 1.54) is 19.3 Å². The molecule has 0 aromatic heterocycles. The molecule has 3 saturated heterocycles. The minimum absolute atomic E-state index is 0.165. The zero-order chi connectivity index (χ0) is 20.5. The summed E-state index contributed by atoms with van der Waals surface area (Å²) in [4.78, 5) is 18.9. The normalized spacial score (nSPS) is 42.1. The van der Waals surface area contributed by atoms with Gasteiger partial charge in [0.05, 0.1) is 12.3 Å². The van der Waals surface area contributed by atoms with Crippen molar-refractivity contribution in [3.63, 3.8) is 0 Å².